The van der Waals surface area contributed by atoms with E-state index in [0.717, 1.165) is 10.6 Å². The third-order valence-corrected chi connectivity index (χ3v) is 6.31. The SMILES string of the molecule is Cc1c(NC(=O)[C@H](c2ccccc2)N(C)S(C)(=O)=O)c(=O)n(-c2ccccc2)n1C. The molecule has 9 heteroatoms. The van der Waals surface area contributed by atoms with Gasteiger partial charge in [-0.05, 0) is 24.6 Å². The van der Waals surface area contributed by atoms with E-state index in [1.54, 1.807) is 61.1 Å². The minimum Gasteiger partial charge on any atom is -0.318 e. The highest BCUT2D eigenvalue weighted by Crippen LogP contribution is 2.24. The molecule has 0 saturated carbocycles. The Hall–Kier alpha value is -3.17. The van der Waals surface area contributed by atoms with Crippen LogP contribution < -0.4 is 10.9 Å². The van der Waals surface area contributed by atoms with Gasteiger partial charge in [0.25, 0.3) is 5.56 Å². The van der Waals surface area contributed by atoms with Crippen LogP contribution in [0.25, 0.3) is 5.69 Å². The van der Waals surface area contributed by atoms with Crippen LogP contribution in [0.5, 0.6) is 0 Å². The molecule has 1 aromatic heterocycles. The standard InChI is InChI=1S/C21H24N4O4S/c1-15-18(21(27)25(23(15)2)17-13-9-6-10-14-17)22-20(26)19(24(3)30(4,28)29)16-11-7-5-8-12-16/h5-14,19H,1-4H3,(H,22,26)/t19-/m0/s1. The van der Waals surface area contributed by atoms with Gasteiger partial charge < -0.3 is 5.32 Å². The molecule has 3 aromatic rings. The highest BCUT2D eigenvalue weighted by molar-refractivity contribution is 7.88. The van der Waals surface area contributed by atoms with Gasteiger partial charge in [-0.2, -0.15) is 4.31 Å². The summed E-state index contributed by atoms with van der Waals surface area (Å²) < 4.78 is 28.4. The highest BCUT2D eigenvalue weighted by Gasteiger charge is 2.32. The summed E-state index contributed by atoms with van der Waals surface area (Å²) in [6.07, 6.45) is 1.03. The normalized spacial score (nSPS) is 12.7. The molecule has 0 aliphatic carbocycles. The maximum Gasteiger partial charge on any atom is 0.295 e. The third kappa shape index (κ3) is 4.07. The lowest BCUT2D eigenvalue weighted by molar-refractivity contribution is -0.119. The topological polar surface area (TPSA) is 93.4 Å². The summed E-state index contributed by atoms with van der Waals surface area (Å²) in [7, 11) is -0.611. The summed E-state index contributed by atoms with van der Waals surface area (Å²) in [4.78, 5) is 26.3. The van der Waals surface area contributed by atoms with Crippen molar-refractivity contribution < 1.29 is 13.2 Å². The molecule has 3 rings (SSSR count). The highest BCUT2D eigenvalue weighted by atomic mass is 32.2. The number of nitrogens with one attached hydrogen (secondary N) is 1. The Morgan fingerprint density at radius 1 is 1.03 bits per heavy atom. The summed E-state index contributed by atoms with van der Waals surface area (Å²) in [6, 6.07) is 16.5. The zero-order valence-electron chi connectivity index (χ0n) is 17.2. The Balaban J connectivity index is 2.04. The fourth-order valence-electron chi connectivity index (χ4n) is 3.26. The Morgan fingerprint density at radius 2 is 1.57 bits per heavy atom. The van der Waals surface area contributed by atoms with Crippen LogP contribution in [0.3, 0.4) is 0 Å². The molecule has 0 unspecified atom stereocenters. The van der Waals surface area contributed by atoms with Crippen molar-refractivity contribution in [1.82, 2.24) is 13.7 Å². The second kappa shape index (κ2) is 8.29. The smallest absolute Gasteiger partial charge is 0.295 e. The molecule has 30 heavy (non-hydrogen) atoms. The number of hydrogen-bond acceptors (Lipinski definition) is 4. The minimum atomic E-state index is -3.67. The zero-order chi connectivity index (χ0) is 22.1. The van der Waals surface area contributed by atoms with Gasteiger partial charge in [0.05, 0.1) is 17.6 Å². The Kier molecular flexibility index (Phi) is 5.95. The molecular formula is C21H24N4O4S. The Morgan fingerprint density at radius 3 is 2.10 bits per heavy atom. The second-order valence-electron chi connectivity index (χ2n) is 7.02. The van der Waals surface area contributed by atoms with Crippen molar-refractivity contribution in [3.8, 4) is 5.69 Å². The number of hydrogen-bond donors (Lipinski definition) is 1. The maximum absolute atomic E-state index is 13.2. The van der Waals surface area contributed by atoms with Gasteiger partial charge >= 0.3 is 0 Å². The largest absolute Gasteiger partial charge is 0.318 e. The van der Waals surface area contributed by atoms with Crippen LogP contribution in [0.1, 0.15) is 17.3 Å². The number of aromatic nitrogens is 2. The first-order chi connectivity index (χ1) is 14.1. The van der Waals surface area contributed by atoms with Gasteiger partial charge in [-0.15, -0.1) is 0 Å². The van der Waals surface area contributed by atoms with E-state index >= 15 is 0 Å². The van der Waals surface area contributed by atoms with E-state index in [1.165, 1.54) is 11.7 Å². The van der Waals surface area contributed by atoms with Crippen LogP contribution in [-0.2, 0) is 21.9 Å². The van der Waals surface area contributed by atoms with Crippen LogP contribution in [0, 0.1) is 6.92 Å². The van der Waals surface area contributed by atoms with Crippen LogP contribution in [0.2, 0.25) is 0 Å². The first-order valence-electron chi connectivity index (χ1n) is 9.25. The molecule has 0 bridgehead atoms. The number of anilines is 1. The number of benzene rings is 2. The first kappa shape index (κ1) is 21.5. The monoisotopic (exact) mass is 428 g/mol. The van der Waals surface area contributed by atoms with Crippen molar-refractivity contribution in [2.75, 3.05) is 18.6 Å². The molecule has 2 aromatic carbocycles. The predicted molar refractivity (Wildman–Crippen MR) is 116 cm³/mol. The molecule has 0 fully saturated rings. The average molecular weight is 429 g/mol. The zero-order valence-corrected chi connectivity index (χ0v) is 18.1. The number of sulfonamides is 1. The average Bonchev–Trinajstić information content (AvgIpc) is 2.92. The first-order valence-corrected chi connectivity index (χ1v) is 11.1. The van der Waals surface area contributed by atoms with E-state index in [0.29, 0.717) is 16.9 Å². The maximum atomic E-state index is 13.2. The molecule has 0 radical (unpaired) electrons. The van der Waals surface area contributed by atoms with Crippen molar-refractivity contribution >= 4 is 21.6 Å². The number of rotatable bonds is 6. The van der Waals surface area contributed by atoms with Crippen LogP contribution in [0.4, 0.5) is 5.69 Å². The molecule has 1 N–H and O–H groups in total. The molecule has 0 aliphatic rings. The molecule has 158 valence electrons. The van der Waals surface area contributed by atoms with E-state index in [1.807, 2.05) is 18.2 Å². The number of carbonyl (C=O) groups excluding carboxylic acids is 1. The van der Waals surface area contributed by atoms with Crippen LogP contribution in [-0.4, -0.2) is 41.3 Å². The van der Waals surface area contributed by atoms with E-state index in [4.69, 9.17) is 0 Å². The summed E-state index contributed by atoms with van der Waals surface area (Å²) in [5, 5.41) is 2.66. The van der Waals surface area contributed by atoms with Crippen molar-refractivity contribution in [1.29, 1.82) is 0 Å². The van der Waals surface area contributed by atoms with E-state index in [9.17, 15) is 18.0 Å². The van der Waals surface area contributed by atoms with Gasteiger partial charge in [-0.25, -0.2) is 13.1 Å². The van der Waals surface area contributed by atoms with Gasteiger partial charge in [0.15, 0.2) is 0 Å². The lowest BCUT2D eigenvalue weighted by Crippen LogP contribution is -2.38. The van der Waals surface area contributed by atoms with Crippen molar-refractivity contribution in [3.63, 3.8) is 0 Å². The van der Waals surface area contributed by atoms with Gasteiger partial charge in [-0.3, -0.25) is 14.3 Å². The minimum absolute atomic E-state index is 0.106. The molecule has 1 amide bonds. The van der Waals surface area contributed by atoms with E-state index in [-0.39, 0.29) is 5.69 Å². The lowest BCUT2D eigenvalue weighted by Gasteiger charge is -2.25. The van der Waals surface area contributed by atoms with Crippen molar-refractivity contribution in [2.45, 2.75) is 13.0 Å². The Bertz CT molecular complexity index is 1220. The van der Waals surface area contributed by atoms with Crippen molar-refractivity contribution in [3.05, 3.63) is 82.3 Å². The summed E-state index contributed by atoms with van der Waals surface area (Å²) in [5.41, 5.74) is 1.41. The quantitative estimate of drug-likeness (QED) is 0.650. The number of carbonyl (C=O) groups is 1. The van der Waals surface area contributed by atoms with Crippen molar-refractivity contribution in [2.24, 2.45) is 7.05 Å². The molecule has 0 saturated heterocycles. The number of amides is 1. The van der Waals surface area contributed by atoms with Crippen LogP contribution in [0.15, 0.2) is 65.5 Å². The number of likely N-dealkylation sites (N-methyl/N-ethyl adjacent to an activating group) is 1. The van der Waals surface area contributed by atoms with E-state index in [2.05, 4.69) is 5.32 Å². The summed E-state index contributed by atoms with van der Waals surface area (Å²) in [6.45, 7) is 1.72. The fraction of sp³-hybridized carbons (Fsp3) is 0.238. The summed E-state index contributed by atoms with van der Waals surface area (Å²) >= 11 is 0. The molecule has 0 spiro atoms. The second-order valence-corrected chi connectivity index (χ2v) is 9.06. The number of nitrogens with zero attached hydrogens (tertiary/aromatic N) is 3. The lowest BCUT2D eigenvalue weighted by atomic mass is 10.1. The molecular weight excluding hydrogens is 404 g/mol. The molecule has 1 heterocycles. The molecule has 8 nitrogen and oxygen atoms in total. The Labute approximate surface area is 175 Å². The molecule has 1 atom stereocenters. The van der Waals surface area contributed by atoms with Gasteiger partial charge in [0.1, 0.15) is 11.7 Å². The fourth-order valence-corrected chi connectivity index (χ4v) is 3.86. The van der Waals surface area contributed by atoms with E-state index < -0.39 is 27.5 Å². The van der Waals surface area contributed by atoms with Gasteiger partial charge in [0, 0.05) is 14.1 Å². The predicted octanol–water partition coefficient (Wildman–Crippen LogP) is 2.06. The van der Waals surface area contributed by atoms with Gasteiger partial charge in [-0.1, -0.05) is 48.5 Å². The summed E-state index contributed by atoms with van der Waals surface area (Å²) in [5.74, 6) is -0.611. The third-order valence-electron chi connectivity index (χ3n) is 5.05. The molecule has 0 aliphatic heterocycles. The van der Waals surface area contributed by atoms with Crippen LogP contribution >= 0.6 is 0 Å². The number of para-hydroxylation sites is 1. The van der Waals surface area contributed by atoms with Gasteiger partial charge in [0.2, 0.25) is 15.9 Å².